The molecule has 0 radical (unpaired) electrons. The van der Waals surface area contributed by atoms with Crippen molar-refractivity contribution in [2.45, 2.75) is 56.8 Å². The minimum Gasteiger partial charge on any atom is -0.508 e. The highest BCUT2D eigenvalue weighted by molar-refractivity contribution is 5.90. The number of allylic oxidation sites excluding steroid dienone is 1. The molecule has 0 amide bonds. The fourth-order valence-electron chi connectivity index (χ4n) is 4.06. The highest BCUT2D eigenvalue weighted by Crippen LogP contribution is 2.36. The van der Waals surface area contributed by atoms with Gasteiger partial charge in [0.25, 0.3) is 0 Å². The van der Waals surface area contributed by atoms with Crippen molar-refractivity contribution in [3.63, 3.8) is 0 Å². The number of phenolic OH excluding ortho intramolecular Hbond substituents is 1. The monoisotopic (exact) mass is 524 g/mol. The van der Waals surface area contributed by atoms with Gasteiger partial charge in [0.05, 0.1) is 38.6 Å². The van der Waals surface area contributed by atoms with E-state index in [-0.39, 0.29) is 24.4 Å². The van der Waals surface area contributed by atoms with E-state index >= 15 is 0 Å². The van der Waals surface area contributed by atoms with Crippen LogP contribution in [0.3, 0.4) is 0 Å². The van der Waals surface area contributed by atoms with Crippen LogP contribution in [0.1, 0.15) is 18.9 Å². The van der Waals surface area contributed by atoms with Gasteiger partial charge in [0, 0.05) is 17.9 Å². The number of rotatable bonds is 9. The minimum absolute atomic E-state index is 0.0296. The largest absolute Gasteiger partial charge is 0.508 e. The van der Waals surface area contributed by atoms with Crippen molar-refractivity contribution in [1.82, 2.24) is 0 Å². The molecule has 2 heterocycles. The van der Waals surface area contributed by atoms with Crippen molar-refractivity contribution in [1.29, 1.82) is 0 Å². The number of hydrogen-bond donors (Lipinski definition) is 5. The summed E-state index contributed by atoms with van der Waals surface area (Å²) in [5.41, 5.74) is 1.21. The van der Waals surface area contributed by atoms with E-state index in [4.69, 9.17) is 23.7 Å². The van der Waals surface area contributed by atoms with Crippen LogP contribution in [0.5, 0.6) is 5.75 Å². The maximum absolute atomic E-state index is 12.9. The lowest BCUT2D eigenvalue weighted by Crippen LogP contribution is -2.60. The summed E-state index contributed by atoms with van der Waals surface area (Å²) in [5.74, 6) is -2.07. The summed E-state index contributed by atoms with van der Waals surface area (Å²) in [6, 6.07) is 6.44. The van der Waals surface area contributed by atoms with Gasteiger partial charge in [0.2, 0.25) is 6.29 Å². The fraction of sp³-hybridized carbons (Fsp3) is 0.520. The number of hydrogen-bond acceptors (Lipinski definition) is 12. The number of aliphatic hydroxyl groups excluding tert-OH is 4. The first-order chi connectivity index (χ1) is 17.7. The molecule has 12 heteroatoms. The average Bonchev–Trinajstić information content (AvgIpc) is 2.90. The normalized spacial score (nSPS) is 30.8. The van der Waals surface area contributed by atoms with Gasteiger partial charge in [-0.2, -0.15) is 0 Å². The minimum atomic E-state index is -1.67. The lowest BCUT2D eigenvalue weighted by atomic mass is 9.86. The maximum atomic E-state index is 12.9. The molecule has 0 saturated carbocycles. The number of benzene rings is 1. The number of carbonyl (C=O) groups excluding carboxylic acids is 2. The van der Waals surface area contributed by atoms with E-state index in [9.17, 15) is 35.1 Å². The number of aromatic hydroxyl groups is 1. The number of aliphatic hydroxyl groups is 4. The first-order valence-corrected chi connectivity index (χ1v) is 11.7. The molecule has 5 N–H and O–H groups in total. The van der Waals surface area contributed by atoms with Gasteiger partial charge in [-0.1, -0.05) is 18.2 Å². The molecule has 2 aliphatic rings. The summed E-state index contributed by atoms with van der Waals surface area (Å²) in [4.78, 5) is 25.1. The average molecular weight is 525 g/mol. The molecular weight excluding hydrogens is 492 g/mol. The molecule has 1 aromatic rings. The van der Waals surface area contributed by atoms with Gasteiger partial charge in [-0.3, -0.25) is 4.79 Å². The van der Waals surface area contributed by atoms with Crippen molar-refractivity contribution < 1.29 is 58.8 Å². The molecule has 3 rings (SSSR count). The SMILES string of the molecule is CC=C1[C@H](O[C@@H]2O[C@H](CO)[C@@H](O)[C@H](O)[C@H]2O)OC=C(C(=O)OCCc2ccc(O)cc2)[C@H]1CC(=O)OC. The smallest absolute Gasteiger partial charge is 0.337 e. The lowest BCUT2D eigenvalue weighted by Gasteiger charge is -2.41. The molecule has 1 saturated heterocycles. The molecule has 1 fully saturated rings. The molecule has 0 aliphatic carbocycles. The third kappa shape index (κ3) is 6.86. The quantitative estimate of drug-likeness (QED) is 0.210. The van der Waals surface area contributed by atoms with Crippen LogP contribution in [-0.2, 0) is 39.7 Å². The second-order valence-corrected chi connectivity index (χ2v) is 8.55. The molecule has 7 atom stereocenters. The van der Waals surface area contributed by atoms with Gasteiger partial charge >= 0.3 is 11.9 Å². The van der Waals surface area contributed by atoms with Crippen LogP contribution >= 0.6 is 0 Å². The fourth-order valence-corrected chi connectivity index (χ4v) is 4.06. The third-order valence-corrected chi connectivity index (χ3v) is 6.20. The van der Waals surface area contributed by atoms with Gasteiger partial charge in [0.15, 0.2) is 6.29 Å². The van der Waals surface area contributed by atoms with Gasteiger partial charge in [-0.15, -0.1) is 0 Å². The molecular formula is C25H32O12. The standard InChI is InChI=1S/C25H32O12/c1-3-15-16(10-19(28)33-2)17(23(32)34-9-8-13-4-6-14(27)7-5-13)12-35-24(15)37-25-22(31)21(30)20(29)18(11-26)36-25/h3-7,12,16,18,20-22,24-27,29-31H,8-11H2,1-2H3/t16-,18+,20+,21-,22+,24-,25-/m0/s1. The van der Waals surface area contributed by atoms with Crippen molar-refractivity contribution in [3.05, 3.63) is 53.3 Å². The predicted octanol–water partition coefficient (Wildman–Crippen LogP) is -0.340. The Labute approximate surface area is 213 Å². The lowest BCUT2D eigenvalue weighted by molar-refractivity contribution is -0.327. The van der Waals surface area contributed by atoms with E-state index in [1.54, 1.807) is 25.1 Å². The van der Waals surface area contributed by atoms with Crippen LogP contribution in [-0.4, -0.2) is 94.8 Å². The number of phenols is 1. The topological polar surface area (TPSA) is 181 Å². The zero-order chi connectivity index (χ0) is 27.1. The Morgan fingerprint density at radius 2 is 1.78 bits per heavy atom. The molecule has 1 aromatic carbocycles. The van der Waals surface area contributed by atoms with E-state index in [0.717, 1.165) is 11.8 Å². The molecule has 2 aliphatic heterocycles. The first-order valence-electron chi connectivity index (χ1n) is 11.7. The van der Waals surface area contributed by atoms with Crippen molar-refractivity contribution >= 4 is 11.9 Å². The van der Waals surface area contributed by atoms with Crippen molar-refractivity contribution in [2.75, 3.05) is 20.3 Å². The highest BCUT2D eigenvalue weighted by atomic mass is 16.8. The Balaban J connectivity index is 1.75. The van der Waals surface area contributed by atoms with Crippen LogP contribution in [0.15, 0.2) is 47.7 Å². The summed E-state index contributed by atoms with van der Waals surface area (Å²) in [6.07, 6.45) is -6.02. The number of ether oxygens (including phenoxy) is 5. The summed E-state index contributed by atoms with van der Waals surface area (Å²) < 4.78 is 26.8. The highest BCUT2D eigenvalue weighted by Gasteiger charge is 2.46. The number of esters is 2. The molecule has 0 aromatic heterocycles. The van der Waals surface area contributed by atoms with E-state index < -0.39 is 61.5 Å². The van der Waals surface area contributed by atoms with Gasteiger partial charge < -0.3 is 49.2 Å². The summed E-state index contributed by atoms with van der Waals surface area (Å²) in [5, 5.41) is 49.1. The van der Waals surface area contributed by atoms with Gasteiger partial charge in [0.1, 0.15) is 30.2 Å². The summed E-state index contributed by atoms with van der Waals surface area (Å²) in [6.45, 7) is 1.02. The van der Waals surface area contributed by atoms with Crippen LogP contribution in [0.25, 0.3) is 0 Å². The summed E-state index contributed by atoms with van der Waals surface area (Å²) in [7, 11) is 1.21. The summed E-state index contributed by atoms with van der Waals surface area (Å²) >= 11 is 0. The Kier molecular flexibility index (Phi) is 10.0. The number of methoxy groups -OCH3 is 1. The molecule has 12 nitrogen and oxygen atoms in total. The second kappa shape index (κ2) is 13.0. The van der Waals surface area contributed by atoms with Crippen LogP contribution in [0.4, 0.5) is 0 Å². The number of carbonyl (C=O) groups is 2. The van der Waals surface area contributed by atoms with Crippen molar-refractivity contribution in [3.8, 4) is 5.75 Å². The van der Waals surface area contributed by atoms with E-state index in [0.29, 0.717) is 12.0 Å². The Morgan fingerprint density at radius 1 is 1.08 bits per heavy atom. The van der Waals surface area contributed by atoms with Gasteiger partial charge in [-0.05, 0) is 24.6 Å². The zero-order valence-corrected chi connectivity index (χ0v) is 20.4. The van der Waals surface area contributed by atoms with Crippen LogP contribution < -0.4 is 0 Å². The van der Waals surface area contributed by atoms with E-state index in [1.165, 1.54) is 19.2 Å². The van der Waals surface area contributed by atoms with E-state index in [2.05, 4.69) is 0 Å². The van der Waals surface area contributed by atoms with E-state index in [1.807, 2.05) is 0 Å². The van der Waals surface area contributed by atoms with Gasteiger partial charge in [-0.25, -0.2) is 4.79 Å². The molecule has 0 spiro atoms. The van der Waals surface area contributed by atoms with Crippen LogP contribution in [0.2, 0.25) is 0 Å². The Morgan fingerprint density at radius 3 is 2.41 bits per heavy atom. The Hall–Kier alpha value is -3.00. The predicted molar refractivity (Wildman–Crippen MR) is 124 cm³/mol. The maximum Gasteiger partial charge on any atom is 0.337 e. The first kappa shape index (κ1) is 28.6. The third-order valence-electron chi connectivity index (χ3n) is 6.20. The zero-order valence-electron chi connectivity index (χ0n) is 20.4. The molecule has 0 bridgehead atoms. The molecule has 0 unspecified atom stereocenters. The Bertz CT molecular complexity index is 986. The second-order valence-electron chi connectivity index (χ2n) is 8.55. The molecule has 37 heavy (non-hydrogen) atoms. The molecule has 204 valence electrons. The van der Waals surface area contributed by atoms with Crippen LogP contribution in [0, 0.1) is 5.92 Å². The van der Waals surface area contributed by atoms with Crippen molar-refractivity contribution in [2.24, 2.45) is 5.92 Å².